The Labute approximate surface area is 152 Å². The smallest absolute Gasteiger partial charge is 0.256 e. The summed E-state index contributed by atoms with van der Waals surface area (Å²) in [4.78, 5) is 22.2. The summed E-state index contributed by atoms with van der Waals surface area (Å²) in [6, 6.07) is 9.15. The molecule has 2 heterocycles. The molecule has 25 heavy (non-hydrogen) atoms. The van der Waals surface area contributed by atoms with Gasteiger partial charge >= 0.3 is 0 Å². The SMILES string of the molecule is Cc1ncsc1CN(C)CC1CCN(C(=O)C(O)c2ccccc2)C1. The van der Waals surface area contributed by atoms with E-state index in [1.807, 2.05) is 30.6 Å². The van der Waals surface area contributed by atoms with Gasteiger partial charge in [0.25, 0.3) is 5.91 Å². The van der Waals surface area contributed by atoms with Gasteiger partial charge in [0, 0.05) is 31.1 Å². The first kappa shape index (κ1) is 18.0. The largest absolute Gasteiger partial charge is 0.378 e. The maximum Gasteiger partial charge on any atom is 0.256 e. The molecule has 5 nitrogen and oxygen atoms in total. The summed E-state index contributed by atoms with van der Waals surface area (Å²) in [6.07, 6.45) is -0.0725. The van der Waals surface area contributed by atoms with Gasteiger partial charge in [0.2, 0.25) is 0 Å². The maximum atomic E-state index is 12.5. The van der Waals surface area contributed by atoms with Crippen molar-refractivity contribution in [3.63, 3.8) is 0 Å². The van der Waals surface area contributed by atoms with Crippen LogP contribution in [0.1, 0.15) is 28.7 Å². The highest BCUT2D eigenvalue weighted by molar-refractivity contribution is 7.09. The van der Waals surface area contributed by atoms with E-state index < -0.39 is 6.10 Å². The molecule has 2 aromatic rings. The number of hydrogen-bond acceptors (Lipinski definition) is 5. The molecule has 3 rings (SSSR count). The second-order valence-electron chi connectivity index (χ2n) is 6.81. The highest BCUT2D eigenvalue weighted by atomic mass is 32.1. The van der Waals surface area contributed by atoms with Gasteiger partial charge in [0.15, 0.2) is 6.10 Å². The van der Waals surface area contributed by atoms with E-state index >= 15 is 0 Å². The van der Waals surface area contributed by atoms with Gasteiger partial charge in [0.05, 0.1) is 11.2 Å². The summed E-state index contributed by atoms with van der Waals surface area (Å²) in [5, 5.41) is 10.3. The highest BCUT2D eigenvalue weighted by Crippen LogP contribution is 2.23. The van der Waals surface area contributed by atoms with Gasteiger partial charge in [-0.3, -0.25) is 4.79 Å². The summed E-state index contributed by atoms with van der Waals surface area (Å²) in [7, 11) is 2.11. The third kappa shape index (κ3) is 4.45. The standard InChI is InChI=1S/C19H25N3O2S/c1-14-17(25-13-20-14)12-21(2)10-15-8-9-22(11-15)19(24)18(23)16-6-4-3-5-7-16/h3-7,13,15,18,23H,8-12H2,1-2H3. The van der Waals surface area contributed by atoms with Gasteiger partial charge in [-0.2, -0.15) is 0 Å². The van der Waals surface area contributed by atoms with Crippen molar-refractivity contribution in [2.75, 3.05) is 26.7 Å². The Hall–Kier alpha value is -1.76. The Kier molecular flexibility index (Phi) is 5.83. The first-order valence-corrected chi connectivity index (χ1v) is 9.52. The Morgan fingerprint density at radius 1 is 1.44 bits per heavy atom. The minimum atomic E-state index is -1.06. The predicted molar refractivity (Wildman–Crippen MR) is 99.3 cm³/mol. The number of likely N-dealkylation sites (tertiary alicyclic amines) is 1. The molecule has 1 aromatic heterocycles. The quantitative estimate of drug-likeness (QED) is 0.861. The molecule has 1 saturated heterocycles. The fourth-order valence-corrected chi connectivity index (χ4v) is 4.22. The fourth-order valence-electron chi connectivity index (χ4n) is 3.36. The lowest BCUT2D eigenvalue weighted by atomic mass is 10.1. The van der Waals surface area contributed by atoms with Gasteiger partial charge < -0.3 is 14.9 Å². The van der Waals surface area contributed by atoms with E-state index in [2.05, 4.69) is 16.9 Å². The number of aromatic nitrogens is 1. The van der Waals surface area contributed by atoms with Gasteiger partial charge in [0.1, 0.15) is 0 Å². The molecule has 0 aliphatic carbocycles. The van der Waals surface area contributed by atoms with Crippen molar-refractivity contribution in [2.24, 2.45) is 5.92 Å². The number of rotatable bonds is 6. The van der Waals surface area contributed by atoms with Gasteiger partial charge in [-0.1, -0.05) is 30.3 Å². The number of hydrogen-bond donors (Lipinski definition) is 1. The van der Waals surface area contributed by atoms with Crippen LogP contribution in [0.15, 0.2) is 35.8 Å². The van der Waals surface area contributed by atoms with E-state index in [0.717, 1.165) is 38.3 Å². The molecule has 2 atom stereocenters. The average molecular weight is 359 g/mol. The van der Waals surface area contributed by atoms with Crippen molar-refractivity contribution in [2.45, 2.75) is 26.0 Å². The van der Waals surface area contributed by atoms with Crippen LogP contribution in [-0.2, 0) is 11.3 Å². The molecule has 1 fully saturated rings. The molecule has 0 saturated carbocycles. The number of aliphatic hydroxyl groups excluding tert-OH is 1. The van der Waals surface area contributed by atoms with Gasteiger partial charge in [-0.25, -0.2) is 4.98 Å². The van der Waals surface area contributed by atoms with Crippen molar-refractivity contribution < 1.29 is 9.90 Å². The van der Waals surface area contributed by atoms with Crippen LogP contribution in [0, 0.1) is 12.8 Å². The molecular weight excluding hydrogens is 334 g/mol. The van der Waals surface area contributed by atoms with E-state index in [1.165, 1.54) is 4.88 Å². The molecule has 1 amide bonds. The Balaban J connectivity index is 1.51. The molecule has 1 aliphatic rings. The highest BCUT2D eigenvalue weighted by Gasteiger charge is 2.31. The zero-order valence-electron chi connectivity index (χ0n) is 14.8. The Bertz CT molecular complexity index is 704. The zero-order valence-corrected chi connectivity index (χ0v) is 15.6. The monoisotopic (exact) mass is 359 g/mol. The second kappa shape index (κ2) is 8.08. The lowest BCUT2D eigenvalue weighted by Crippen LogP contribution is -2.34. The van der Waals surface area contributed by atoms with Crippen LogP contribution in [0.5, 0.6) is 0 Å². The average Bonchev–Trinajstić information content (AvgIpc) is 3.24. The van der Waals surface area contributed by atoms with Crippen LogP contribution in [-0.4, -0.2) is 52.5 Å². The normalized spacial score (nSPS) is 18.7. The number of benzene rings is 1. The molecule has 0 bridgehead atoms. The molecule has 1 aliphatic heterocycles. The van der Waals surface area contributed by atoms with E-state index in [9.17, 15) is 9.90 Å². The third-order valence-corrected chi connectivity index (χ3v) is 5.69. The van der Waals surface area contributed by atoms with Crippen molar-refractivity contribution in [3.8, 4) is 0 Å². The number of thiazole rings is 1. The summed E-state index contributed by atoms with van der Waals surface area (Å²) < 4.78 is 0. The molecule has 6 heteroatoms. The summed E-state index contributed by atoms with van der Waals surface area (Å²) in [5.74, 6) is 0.264. The van der Waals surface area contributed by atoms with E-state index in [-0.39, 0.29) is 5.91 Å². The van der Waals surface area contributed by atoms with Crippen LogP contribution in [0.2, 0.25) is 0 Å². The molecule has 0 radical (unpaired) electrons. The van der Waals surface area contributed by atoms with Gasteiger partial charge in [-0.05, 0) is 31.9 Å². The molecule has 1 N–H and O–H groups in total. The summed E-state index contributed by atoms with van der Waals surface area (Å²) >= 11 is 1.69. The third-order valence-electron chi connectivity index (χ3n) is 4.78. The van der Waals surface area contributed by atoms with Crippen molar-refractivity contribution >= 4 is 17.2 Å². The van der Waals surface area contributed by atoms with Crippen LogP contribution in [0.3, 0.4) is 0 Å². The maximum absolute atomic E-state index is 12.5. The Morgan fingerprint density at radius 2 is 2.20 bits per heavy atom. The number of nitrogens with zero attached hydrogens (tertiary/aromatic N) is 3. The fraction of sp³-hybridized carbons (Fsp3) is 0.474. The lowest BCUT2D eigenvalue weighted by Gasteiger charge is -2.22. The number of carbonyl (C=O) groups excluding carboxylic acids is 1. The first-order chi connectivity index (χ1) is 12.0. The topological polar surface area (TPSA) is 56.7 Å². The van der Waals surface area contributed by atoms with E-state index in [4.69, 9.17) is 0 Å². The predicted octanol–water partition coefficient (Wildman–Crippen LogP) is 2.47. The number of aryl methyl sites for hydroxylation is 1. The van der Waals surface area contributed by atoms with Crippen LogP contribution in [0.25, 0.3) is 0 Å². The van der Waals surface area contributed by atoms with Gasteiger partial charge in [-0.15, -0.1) is 11.3 Å². The molecular formula is C19H25N3O2S. The van der Waals surface area contributed by atoms with Crippen molar-refractivity contribution in [3.05, 3.63) is 52.0 Å². The number of aliphatic hydroxyl groups is 1. The zero-order chi connectivity index (χ0) is 17.8. The van der Waals surface area contributed by atoms with Crippen molar-refractivity contribution in [1.82, 2.24) is 14.8 Å². The van der Waals surface area contributed by atoms with E-state index in [1.54, 1.807) is 28.4 Å². The number of carbonyl (C=O) groups is 1. The first-order valence-electron chi connectivity index (χ1n) is 8.64. The van der Waals surface area contributed by atoms with Crippen LogP contribution in [0.4, 0.5) is 0 Å². The Morgan fingerprint density at radius 3 is 2.88 bits per heavy atom. The molecule has 2 unspecified atom stereocenters. The summed E-state index contributed by atoms with van der Waals surface area (Å²) in [6.45, 7) is 5.33. The lowest BCUT2D eigenvalue weighted by molar-refractivity contribution is -0.139. The molecule has 0 spiro atoms. The van der Waals surface area contributed by atoms with Crippen LogP contribution >= 0.6 is 11.3 Å². The minimum Gasteiger partial charge on any atom is -0.378 e. The van der Waals surface area contributed by atoms with Crippen LogP contribution < -0.4 is 0 Å². The minimum absolute atomic E-state index is 0.186. The van der Waals surface area contributed by atoms with Crippen molar-refractivity contribution in [1.29, 1.82) is 0 Å². The molecule has 134 valence electrons. The molecule has 1 aromatic carbocycles. The van der Waals surface area contributed by atoms with E-state index in [0.29, 0.717) is 11.5 Å². The summed E-state index contributed by atoms with van der Waals surface area (Å²) in [5.41, 5.74) is 3.65. The second-order valence-corrected chi connectivity index (χ2v) is 7.75. The number of amides is 1.